The van der Waals surface area contributed by atoms with E-state index in [1.165, 1.54) is 29.9 Å². The fourth-order valence-electron chi connectivity index (χ4n) is 3.69. The zero-order valence-corrected chi connectivity index (χ0v) is 19.5. The van der Waals surface area contributed by atoms with Crippen LogP contribution >= 0.6 is 11.3 Å². The fraction of sp³-hybridized carbons (Fsp3) is 0.0800. The second-order valence-electron chi connectivity index (χ2n) is 7.95. The Morgan fingerprint density at radius 2 is 1.83 bits per heavy atom. The Bertz CT molecular complexity index is 1610. The van der Waals surface area contributed by atoms with Crippen LogP contribution in [0, 0.1) is 11.6 Å². The van der Waals surface area contributed by atoms with Gasteiger partial charge in [-0.15, -0.1) is 11.3 Å². The molecule has 5 rings (SSSR count). The molecule has 180 valence electrons. The van der Waals surface area contributed by atoms with Crippen molar-refractivity contribution in [3.8, 4) is 10.4 Å². The summed E-state index contributed by atoms with van der Waals surface area (Å²) in [5.41, 5.74) is 14.5. The van der Waals surface area contributed by atoms with Crippen LogP contribution in [-0.2, 0) is 13.0 Å². The lowest BCUT2D eigenvalue weighted by atomic mass is 10.1. The highest BCUT2D eigenvalue weighted by Crippen LogP contribution is 2.32. The largest absolute Gasteiger partial charge is 0.383 e. The zero-order chi connectivity index (χ0) is 25.2. The minimum absolute atomic E-state index is 0.000507. The quantitative estimate of drug-likeness (QED) is 0.318. The number of benzene rings is 2. The lowest BCUT2D eigenvalue weighted by molar-refractivity contribution is 0.0944. The number of nitrogens with one attached hydrogen (secondary N) is 1. The van der Waals surface area contributed by atoms with Gasteiger partial charge in [0.1, 0.15) is 23.7 Å². The van der Waals surface area contributed by atoms with Crippen LogP contribution in [0.3, 0.4) is 0 Å². The van der Waals surface area contributed by atoms with E-state index in [4.69, 9.17) is 11.5 Å². The molecule has 0 aliphatic heterocycles. The summed E-state index contributed by atoms with van der Waals surface area (Å²) < 4.78 is 26.6. The third-order valence-electron chi connectivity index (χ3n) is 5.47. The Morgan fingerprint density at radius 3 is 2.67 bits per heavy atom. The van der Waals surface area contributed by atoms with Gasteiger partial charge < -0.3 is 16.8 Å². The van der Waals surface area contributed by atoms with Gasteiger partial charge in [-0.2, -0.15) is 0 Å². The van der Waals surface area contributed by atoms with Crippen LogP contribution in [0.1, 0.15) is 26.6 Å². The summed E-state index contributed by atoms with van der Waals surface area (Å²) >= 11 is 1.54. The van der Waals surface area contributed by atoms with E-state index in [2.05, 4.69) is 25.3 Å². The molecule has 0 spiro atoms. The summed E-state index contributed by atoms with van der Waals surface area (Å²) in [7, 11) is 0. The van der Waals surface area contributed by atoms with Gasteiger partial charge in [0.05, 0.1) is 17.4 Å². The minimum Gasteiger partial charge on any atom is -0.383 e. The second kappa shape index (κ2) is 9.62. The number of aromatic nitrogens is 4. The average Bonchev–Trinajstić information content (AvgIpc) is 3.33. The molecule has 8 nitrogen and oxygen atoms in total. The van der Waals surface area contributed by atoms with Gasteiger partial charge in [0.2, 0.25) is 0 Å². The van der Waals surface area contributed by atoms with Crippen molar-refractivity contribution in [3.63, 3.8) is 0 Å². The minimum atomic E-state index is -0.982. The summed E-state index contributed by atoms with van der Waals surface area (Å²) in [6.45, 7) is -0.000507. The molecule has 0 bridgehead atoms. The van der Waals surface area contributed by atoms with Gasteiger partial charge in [-0.1, -0.05) is 12.1 Å². The van der Waals surface area contributed by atoms with E-state index >= 15 is 0 Å². The number of nitrogens with zero attached hydrogens (tertiary/aromatic N) is 4. The van der Waals surface area contributed by atoms with Crippen molar-refractivity contribution in [3.05, 3.63) is 94.5 Å². The summed E-state index contributed by atoms with van der Waals surface area (Å²) in [4.78, 5) is 31.5. The smallest absolute Gasteiger partial charge is 0.272 e. The van der Waals surface area contributed by atoms with E-state index in [-0.39, 0.29) is 18.1 Å². The predicted molar refractivity (Wildman–Crippen MR) is 134 cm³/mol. The summed E-state index contributed by atoms with van der Waals surface area (Å²) in [6.07, 6.45) is 3.06. The molecule has 0 saturated carbocycles. The number of hydrogen-bond donors (Lipinski definition) is 3. The molecule has 0 aliphatic rings. The second-order valence-corrected chi connectivity index (χ2v) is 9.12. The first kappa shape index (κ1) is 23.2. The molecule has 3 aromatic heterocycles. The normalized spacial score (nSPS) is 11.1. The highest BCUT2D eigenvalue weighted by molar-refractivity contribution is 7.15. The number of amides is 1. The standard InChI is InChI=1S/C25H19F2N7OS/c26-17-4-1-13(7-18(17)27)10-31-25(35)23-20(34-22(28)11-30-23)9-15-3-6-21(36-15)14-2-5-19-16(8-14)24(29)33-12-32-19/h1-8,11-12H,9-10H2,(H2,28,34)(H,31,35)(H2,29,32,33). The van der Waals surface area contributed by atoms with Gasteiger partial charge in [-0.25, -0.2) is 28.7 Å². The van der Waals surface area contributed by atoms with Crippen molar-refractivity contribution in [2.75, 3.05) is 11.5 Å². The van der Waals surface area contributed by atoms with E-state index in [9.17, 15) is 13.6 Å². The number of fused-ring (bicyclic) bond motifs is 1. The molecule has 0 radical (unpaired) electrons. The Labute approximate surface area is 208 Å². The maximum atomic E-state index is 13.5. The summed E-state index contributed by atoms with van der Waals surface area (Å²) in [5.74, 6) is -1.84. The molecule has 1 amide bonds. The number of nitrogens with two attached hydrogens (primary N) is 2. The molecule has 5 N–H and O–H groups in total. The topological polar surface area (TPSA) is 133 Å². The van der Waals surface area contributed by atoms with Gasteiger partial charge in [-0.3, -0.25) is 4.79 Å². The summed E-state index contributed by atoms with van der Waals surface area (Å²) in [6, 6.07) is 13.2. The number of hydrogen-bond acceptors (Lipinski definition) is 8. The first-order valence-corrected chi connectivity index (χ1v) is 11.6. The lowest BCUT2D eigenvalue weighted by Crippen LogP contribution is -2.26. The van der Waals surface area contributed by atoms with Crippen LogP contribution in [0.4, 0.5) is 20.4 Å². The van der Waals surface area contributed by atoms with Crippen LogP contribution in [-0.4, -0.2) is 25.8 Å². The lowest BCUT2D eigenvalue weighted by Gasteiger charge is -2.09. The molecule has 0 fully saturated rings. The van der Waals surface area contributed by atoms with Gasteiger partial charge in [0.25, 0.3) is 5.91 Å². The van der Waals surface area contributed by atoms with Gasteiger partial charge in [0.15, 0.2) is 11.6 Å². The Balaban J connectivity index is 1.36. The molecule has 11 heteroatoms. The highest BCUT2D eigenvalue weighted by Gasteiger charge is 2.17. The molecule has 0 unspecified atom stereocenters. The Kier molecular flexibility index (Phi) is 6.21. The van der Waals surface area contributed by atoms with Crippen LogP contribution in [0.2, 0.25) is 0 Å². The van der Waals surface area contributed by atoms with Crippen molar-refractivity contribution in [2.24, 2.45) is 0 Å². The summed E-state index contributed by atoms with van der Waals surface area (Å²) in [5, 5.41) is 3.44. The van der Waals surface area contributed by atoms with E-state index in [0.717, 1.165) is 38.4 Å². The van der Waals surface area contributed by atoms with E-state index < -0.39 is 17.5 Å². The van der Waals surface area contributed by atoms with Crippen LogP contribution in [0.5, 0.6) is 0 Å². The number of halogens is 2. The molecule has 0 saturated heterocycles. The molecule has 3 heterocycles. The fourth-order valence-corrected chi connectivity index (χ4v) is 4.70. The SMILES string of the molecule is Nc1cnc(C(=O)NCc2ccc(F)c(F)c2)c(Cc2ccc(-c3ccc4ncnc(N)c4c3)s2)n1. The number of carbonyl (C=O) groups excluding carboxylic acids is 1. The number of anilines is 2. The average molecular weight is 504 g/mol. The molecule has 2 aromatic carbocycles. The Hall–Kier alpha value is -4.51. The van der Waals surface area contributed by atoms with Crippen LogP contribution in [0.15, 0.2) is 61.1 Å². The van der Waals surface area contributed by atoms with Crippen molar-refractivity contribution in [2.45, 2.75) is 13.0 Å². The molecule has 36 heavy (non-hydrogen) atoms. The third-order valence-corrected chi connectivity index (χ3v) is 6.60. The Morgan fingerprint density at radius 1 is 0.972 bits per heavy atom. The number of rotatable bonds is 6. The molecule has 0 atom stereocenters. The molecule has 5 aromatic rings. The van der Waals surface area contributed by atoms with E-state index in [1.807, 2.05) is 30.3 Å². The van der Waals surface area contributed by atoms with E-state index in [1.54, 1.807) is 0 Å². The monoisotopic (exact) mass is 503 g/mol. The van der Waals surface area contributed by atoms with Gasteiger partial charge in [0, 0.05) is 28.1 Å². The van der Waals surface area contributed by atoms with Gasteiger partial charge >= 0.3 is 0 Å². The first-order valence-electron chi connectivity index (χ1n) is 10.8. The first-order chi connectivity index (χ1) is 17.4. The number of carbonyl (C=O) groups is 1. The van der Waals surface area contributed by atoms with Crippen molar-refractivity contribution < 1.29 is 13.6 Å². The van der Waals surface area contributed by atoms with Crippen LogP contribution < -0.4 is 16.8 Å². The van der Waals surface area contributed by atoms with Crippen molar-refractivity contribution in [1.82, 2.24) is 25.3 Å². The van der Waals surface area contributed by atoms with Gasteiger partial charge in [-0.05, 0) is 47.5 Å². The third kappa shape index (κ3) is 4.82. The number of thiophene rings is 1. The highest BCUT2D eigenvalue weighted by atomic mass is 32.1. The predicted octanol–water partition coefficient (Wildman–Crippen LogP) is 4.11. The molecular formula is C25H19F2N7OS. The van der Waals surface area contributed by atoms with Crippen LogP contribution in [0.25, 0.3) is 21.3 Å². The van der Waals surface area contributed by atoms with E-state index in [0.29, 0.717) is 23.5 Å². The molecular weight excluding hydrogens is 484 g/mol. The maximum absolute atomic E-state index is 13.5. The maximum Gasteiger partial charge on any atom is 0.272 e. The van der Waals surface area contributed by atoms with Crippen molar-refractivity contribution in [1.29, 1.82) is 0 Å². The molecule has 0 aliphatic carbocycles. The van der Waals surface area contributed by atoms with Crippen molar-refractivity contribution >= 4 is 39.8 Å². The zero-order valence-electron chi connectivity index (χ0n) is 18.7. The number of nitrogen functional groups attached to an aromatic ring is 2.